The Morgan fingerprint density at radius 3 is 2.06 bits per heavy atom. The summed E-state index contributed by atoms with van der Waals surface area (Å²) in [6.07, 6.45) is 0. The number of hydrogen-bond acceptors (Lipinski definition) is 5. The first-order chi connectivity index (χ1) is 7.03. The molecular formula is C7H7ClNO5S2-. The van der Waals surface area contributed by atoms with Crippen LogP contribution in [0.4, 0.5) is 0 Å². The summed E-state index contributed by atoms with van der Waals surface area (Å²) in [6.45, 7) is 1.38. The Morgan fingerprint density at radius 1 is 1.19 bits per heavy atom. The van der Waals surface area contributed by atoms with Crippen LogP contribution < -0.4 is 5.14 Å². The number of nitrogens with two attached hydrogens (primary N) is 1. The molecule has 0 bridgehead atoms. The number of primary sulfonamides is 1. The van der Waals surface area contributed by atoms with E-state index in [2.05, 4.69) is 0 Å². The maximum Gasteiger partial charge on any atom is 0.238 e. The van der Waals surface area contributed by atoms with Gasteiger partial charge in [-0.25, -0.2) is 22.0 Å². The highest BCUT2D eigenvalue weighted by atomic mass is 35.5. The van der Waals surface area contributed by atoms with Gasteiger partial charge in [0.2, 0.25) is 10.0 Å². The van der Waals surface area contributed by atoms with E-state index >= 15 is 0 Å². The van der Waals surface area contributed by atoms with Crippen LogP contribution in [0.3, 0.4) is 0 Å². The topological polar surface area (TPSA) is 117 Å². The number of aryl methyl sites for hydroxylation is 1. The molecule has 0 spiro atoms. The van der Waals surface area contributed by atoms with E-state index in [0.29, 0.717) is 6.07 Å². The van der Waals surface area contributed by atoms with Crippen LogP contribution in [0.15, 0.2) is 21.9 Å². The van der Waals surface area contributed by atoms with Crippen LogP contribution in [0.2, 0.25) is 5.02 Å². The van der Waals surface area contributed by atoms with Crippen molar-refractivity contribution >= 4 is 31.7 Å². The quantitative estimate of drug-likeness (QED) is 0.778. The lowest BCUT2D eigenvalue weighted by Gasteiger charge is -2.12. The largest absolute Gasteiger partial charge is 0.744 e. The molecular weight excluding hydrogens is 278 g/mol. The third-order valence-electron chi connectivity index (χ3n) is 1.81. The molecule has 0 heterocycles. The second-order valence-electron chi connectivity index (χ2n) is 3.05. The Morgan fingerprint density at radius 2 is 1.69 bits per heavy atom. The maximum atomic E-state index is 11.1. The zero-order chi connectivity index (χ0) is 12.7. The van der Waals surface area contributed by atoms with Crippen LogP contribution >= 0.6 is 11.6 Å². The third-order valence-corrected chi connectivity index (χ3v) is 4.16. The fourth-order valence-electron chi connectivity index (χ4n) is 1.13. The molecule has 1 rings (SSSR count). The summed E-state index contributed by atoms with van der Waals surface area (Å²) in [4.78, 5) is -1.24. The van der Waals surface area contributed by atoms with E-state index in [9.17, 15) is 21.4 Å². The maximum absolute atomic E-state index is 11.1. The van der Waals surface area contributed by atoms with Crippen molar-refractivity contribution in [3.05, 3.63) is 22.7 Å². The van der Waals surface area contributed by atoms with Crippen molar-refractivity contribution in [1.82, 2.24) is 0 Å². The third kappa shape index (κ3) is 2.71. The van der Waals surface area contributed by atoms with Crippen LogP contribution in [0.5, 0.6) is 0 Å². The van der Waals surface area contributed by atoms with Gasteiger partial charge in [0.15, 0.2) is 0 Å². The number of rotatable bonds is 2. The van der Waals surface area contributed by atoms with E-state index in [1.807, 2.05) is 0 Å². The molecule has 2 N–H and O–H groups in total. The first kappa shape index (κ1) is 13.4. The van der Waals surface area contributed by atoms with Crippen LogP contribution in [0.25, 0.3) is 0 Å². The lowest BCUT2D eigenvalue weighted by atomic mass is 10.2. The summed E-state index contributed by atoms with van der Waals surface area (Å²) in [7, 11) is -8.93. The lowest BCUT2D eigenvalue weighted by molar-refractivity contribution is 0.463. The van der Waals surface area contributed by atoms with Crippen LogP contribution in [-0.2, 0) is 20.1 Å². The number of benzene rings is 1. The molecule has 0 aromatic heterocycles. The molecule has 0 radical (unpaired) electrons. The van der Waals surface area contributed by atoms with Gasteiger partial charge in [0.25, 0.3) is 0 Å². The van der Waals surface area contributed by atoms with Gasteiger partial charge in [0.1, 0.15) is 10.1 Å². The minimum Gasteiger partial charge on any atom is -0.744 e. The second kappa shape index (κ2) is 3.97. The molecule has 0 aliphatic rings. The Hall–Kier alpha value is -0.670. The first-order valence-corrected chi connectivity index (χ1v) is 7.15. The summed E-state index contributed by atoms with van der Waals surface area (Å²) in [6, 6.07) is 1.72. The van der Waals surface area contributed by atoms with E-state index in [-0.39, 0.29) is 10.6 Å². The summed E-state index contributed by atoms with van der Waals surface area (Å²) in [5.41, 5.74) is 0.167. The Labute approximate surface area is 97.8 Å². The van der Waals surface area contributed by atoms with Gasteiger partial charge >= 0.3 is 0 Å². The van der Waals surface area contributed by atoms with Crippen LogP contribution in [0, 0.1) is 6.92 Å². The van der Waals surface area contributed by atoms with Crippen molar-refractivity contribution in [2.45, 2.75) is 16.7 Å². The van der Waals surface area contributed by atoms with Crippen molar-refractivity contribution in [2.24, 2.45) is 5.14 Å². The predicted molar refractivity (Wildman–Crippen MR) is 55.5 cm³/mol. The van der Waals surface area contributed by atoms with E-state index < -0.39 is 29.9 Å². The molecule has 0 atom stereocenters. The molecule has 90 valence electrons. The Bertz CT molecular complexity index is 582. The van der Waals surface area contributed by atoms with Gasteiger partial charge in [0.05, 0.1) is 14.8 Å². The highest BCUT2D eigenvalue weighted by Gasteiger charge is 2.17. The van der Waals surface area contributed by atoms with Crippen molar-refractivity contribution < 1.29 is 21.4 Å². The molecule has 1 aromatic carbocycles. The zero-order valence-corrected chi connectivity index (χ0v) is 10.4. The summed E-state index contributed by atoms with van der Waals surface area (Å²) >= 11 is 5.52. The predicted octanol–water partition coefficient (Wildman–Crippen LogP) is 0.200. The van der Waals surface area contributed by atoms with Gasteiger partial charge in [-0.2, -0.15) is 0 Å². The standard InChI is InChI=1S/C7H8ClNO5S2/c1-4-2-5(8)7(16(12,13)14)3-6(4)15(9,10)11/h2-3H,1H3,(H2,9,10,11)(H,12,13,14)/p-1. The smallest absolute Gasteiger partial charge is 0.238 e. The van der Waals surface area contributed by atoms with Crippen molar-refractivity contribution in [3.63, 3.8) is 0 Å². The molecule has 0 saturated heterocycles. The van der Waals surface area contributed by atoms with E-state index in [0.717, 1.165) is 6.07 Å². The minimum atomic E-state index is -4.83. The van der Waals surface area contributed by atoms with Gasteiger partial charge in [-0.05, 0) is 24.6 Å². The zero-order valence-electron chi connectivity index (χ0n) is 7.97. The molecule has 0 fully saturated rings. The SMILES string of the molecule is Cc1cc(Cl)c(S(=O)(=O)[O-])cc1S(N)(=O)=O. The van der Waals surface area contributed by atoms with Crippen molar-refractivity contribution in [1.29, 1.82) is 0 Å². The summed E-state index contributed by atoms with van der Waals surface area (Å²) < 4.78 is 54.5. The molecule has 16 heavy (non-hydrogen) atoms. The normalized spacial score (nSPS) is 12.8. The van der Waals surface area contributed by atoms with Gasteiger partial charge < -0.3 is 4.55 Å². The fraction of sp³-hybridized carbons (Fsp3) is 0.143. The highest BCUT2D eigenvalue weighted by Crippen LogP contribution is 2.27. The van der Waals surface area contributed by atoms with E-state index in [1.165, 1.54) is 6.92 Å². The molecule has 9 heteroatoms. The Kier molecular flexibility index (Phi) is 3.32. The lowest BCUT2D eigenvalue weighted by Crippen LogP contribution is -2.15. The monoisotopic (exact) mass is 284 g/mol. The average molecular weight is 285 g/mol. The molecule has 0 amide bonds. The average Bonchev–Trinajstić information content (AvgIpc) is 1.97. The van der Waals surface area contributed by atoms with Gasteiger partial charge in [-0.3, -0.25) is 0 Å². The van der Waals surface area contributed by atoms with Crippen LogP contribution in [0.1, 0.15) is 5.56 Å². The molecule has 0 saturated carbocycles. The van der Waals surface area contributed by atoms with Gasteiger partial charge in [-0.15, -0.1) is 0 Å². The Balaban J connectivity index is 3.72. The second-order valence-corrected chi connectivity index (χ2v) is 6.33. The van der Waals surface area contributed by atoms with E-state index in [1.54, 1.807) is 0 Å². The van der Waals surface area contributed by atoms with Crippen molar-refractivity contribution in [3.8, 4) is 0 Å². The van der Waals surface area contributed by atoms with Crippen molar-refractivity contribution in [2.75, 3.05) is 0 Å². The summed E-state index contributed by atoms with van der Waals surface area (Å²) in [5, 5.41) is 4.52. The molecule has 6 nitrogen and oxygen atoms in total. The van der Waals surface area contributed by atoms with Gasteiger partial charge in [0, 0.05) is 0 Å². The highest BCUT2D eigenvalue weighted by molar-refractivity contribution is 7.89. The number of sulfonamides is 1. The molecule has 1 aromatic rings. The minimum absolute atomic E-state index is 0.167. The first-order valence-electron chi connectivity index (χ1n) is 3.82. The molecule has 0 aliphatic carbocycles. The molecule has 0 unspecified atom stereocenters. The number of halogens is 1. The summed E-state index contributed by atoms with van der Waals surface area (Å²) in [5.74, 6) is 0. The van der Waals surface area contributed by atoms with E-state index in [4.69, 9.17) is 16.7 Å². The molecule has 0 aliphatic heterocycles. The van der Waals surface area contributed by atoms with Crippen LogP contribution in [-0.4, -0.2) is 21.4 Å². The fourth-order valence-corrected chi connectivity index (χ4v) is 3.06. The van der Waals surface area contributed by atoms with Gasteiger partial charge in [-0.1, -0.05) is 11.6 Å². The number of hydrogen-bond donors (Lipinski definition) is 1.